The van der Waals surface area contributed by atoms with Gasteiger partial charge in [-0.3, -0.25) is 9.59 Å². The van der Waals surface area contributed by atoms with Gasteiger partial charge in [0.05, 0.1) is 5.92 Å². The number of halogens is 1. The maximum atomic E-state index is 12.3. The highest BCUT2D eigenvalue weighted by Gasteiger charge is 2.18. The Kier molecular flexibility index (Phi) is 5.54. The molecule has 0 aliphatic carbocycles. The first-order chi connectivity index (χ1) is 8.85. The van der Waals surface area contributed by atoms with Gasteiger partial charge in [0.15, 0.2) is 0 Å². The van der Waals surface area contributed by atoms with E-state index in [4.69, 9.17) is 0 Å². The summed E-state index contributed by atoms with van der Waals surface area (Å²) in [4.78, 5) is 25.3. The van der Waals surface area contributed by atoms with Crippen molar-refractivity contribution in [1.82, 2.24) is 10.2 Å². The first-order valence-corrected chi connectivity index (χ1v) is 6.88. The van der Waals surface area contributed by atoms with Crippen LogP contribution in [0.2, 0.25) is 0 Å². The van der Waals surface area contributed by atoms with E-state index in [1.54, 1.807) is 32.0 Å². The lowest BCUT2D eigenvalue weighted by Crippen LogP contribution is -2.37. The maximum Gasteiger partial charge on any atom is 0.253 e. The molecule has 1 rings (SSSR count). The van der Waals surface area contributed by atoms with Crippen molar-refractivity contribution in [2.24, 2.45) is 5.92 Å². The van der Waals surface area contributed by atoms with Gasteiger partial charge in [0.2, 0.25) is 5.91 Å². The average molecular weight is 327 g/mol. The first kappa shape index (κ1) is 15.7. The molecule has 0 aliphatic heterocycles. The van der Waals surface area contributed by atoms with Gasteiger partial charge in [0, 0.05) is 30.7 Å². The van der Waals surface area contributed by atoms with Crippen molar-refractivity contribution in [3.8, 4) is 0 Å². The molecule has 1 N–H and O–H groups in total. The van der Waals surface area contributed by atoms with Crippen LogP contribution in [0.25, 0.3) is 0 Å². The van der Waals surface area contributed by atoms with Crippen molar-refractivity contribution >= 4 is 27.7 Å². The molecule has 1 atom stereocenters. The van der Waals surface area contributed by atoms with Gasteiger partial charge in [-0.25, -0.2) is 0 Å². The van der Waals surface area contributed by atoms with E-state index in [9.17, 15) is 9.59 Å². The second kappa shape index (κ2) is 6.70. The average Bonchev–Trinajstić information content (AvgIpc) is 2.35. The molecule has 0 bridgehead atoms. The van der Waals surface area contributed by atoms with Gasteiger partial charge >= 0.3 is 0 Å². The van der Waals surface area contributed by atoms with E-state index in [-0.39, 0.29) is 17.7 Å². The van der Waals surface area contributed by atoms with Crippen LogP contribution in [0.1, 0.15) is 22.8 Å². The number of rotatable bonds is 4. The fourth-order valence-corrected chi connectivity index (χ4v) is 2.51. The van der Waals surface area contributed by atoms with Gasteiger partial charge in [-0.05, 0) is 30.7 Å². The zero-order valence-electron chi connectivity index (χ0n) is 11.7. The zero-order chi connectivity index (χ0) is 14.6. The lowest BCUT2D eigenvalue weighted by Gasteiger charge is -2.21. The largest absolute Gasteiger partial charge is 0.359 e. The number of nitrogens with one attached hydrogen (secondary N) is 1. The predicted molar refractivity (Wildman–Crippen MR) is 79.1 cm³/mol. The van der Waals surface area contributed by atoms with Gasteiger partial charge in [-0.1, -0.05) is 22.9 Å². The van der Waals surface area contributed by atoms with E-state index in [0.717, 1.165) is 10.0 Å². The van der Waals surface area contributed by atoms with Crippen LogP contribution in [0.15, 0.2) is 22.7 Å². The van der Waals surface area contributed by atoms with Crippen LogP contribution in [0.5, 0.6) is 0 Å². The van der Waals surface area contributed by atoms with Crippen molar-refractivity contribution in [1.29, 1.82) is 0 Å². The summed E-state index contributed by atoms with van der Waals surface area (Å²) in [5, 5.41) is 2.58. The normalized spacial score (nSPS) is 11.8. The van der Waals surface area contributed by atoms with Crippen LogP contribution >= 0.6 is 15.9 Å². The third-order valence-electron chi connectivity index (χ3n) is 2.88. The molecule has 104 valence electrons. The van der Waals surface area contributed by atoms with E-state index >= 15 is 0 Å². The van der Waals surface area contributed by atoms with E-state index in [1.807, 2.05) is 19.1 Å². The molecule has 0 heterocycles. The molecule has 0 saturated carbocycles. The molecule has 1 unspecified atom stereocenters. The highest BCUT2D eigenvalue weighted by atomic mass is 79.9. The Morgan fingerprint density at radius 3 is 2.53 bits per heavy atom. The van der Waals surface area contributed by atoms with Gasteiger partial charge in [0.25, 0.3) is 5.91 Å². The van der Waals surface area contributed by atoms with Gasteiger partial charge in [0.1, 0.15) is 0 Å². The highest BCUT2D eigenvalue weighted by molar-refractivity contribution is 9.10. The molecular weight excluding hydrogens is 308 g/mol. The molecular formula is C14H19BrN2O2. The van der Waals surface area contributed by atoms with Crippen LogP contribution in [0.4, 0.5) is 0 Å². The lowest BCUT2D eigenvalue weighted by molar-refractivity contribution is -0.124. The summed E-state index contributed by atoms with van der Waals surface area (Å²) >= 11 is 3.38. The monoisotopic (exact) mass is 326 g/mol. The summed E-state index contributed by atoms with van der Waals surface area (Å²) in [7, 11) is 3.30. The van der Waals surface area contributed by atoms with Crippen LogP contribution in [0, 0.1) is 12.8 Å². The number of hydrogen-bond donors (Lipinski definition) is 1. The van der Waals surface area contributed by atoms with Crippen LogP contribution in [0.3, 0.4) is 0 Å². The molecule has 1 aromatic rings. The summed E-state index contributed by atoms with van der Waals surface area (Å²) < 4.78 is 0.878. The van der Waals surface area contributed by atoms with Gasteiger partial charge < -0.3 is 10.2 Å². The minimum atomic E-state index is -0.229. The summed E-state index contributed by atoms with van der Waals surface area (Å²) in [5.74, 6) is -0.377. The lowest BCUT2D eigenvalue weighted by atomic mass is 10.1. The first-order valence-electron chi connectivity index (χ1n) is 6.09. The van der Waals surface area contributed by atoms with Crippen molar-refractivity contribution in [3.63, 3.8) is 0 Å². The minimum absolute atomic E-state index is 0.0647. The maximum absolute atomic E-state index is 12.3. The Morgan fingerprint density at radius 1 is 1.37 bits per heavy atom. The molecule has 0 spiro atoms. The van der Waals surface area contributed by atoms with Crippen molar-refractivity contribution in [2.75, 3.05) is 20.6 Å². The van der Waals surface area contributed by atoms with Gasteiger partial charge in [-0.2, -0.15) is 0 Å². The van der Waals surface area contributed by atoms with Crippen molar-refractivity contribution in [3.05, 3.63) is 33.8 Å². The molecule has 5 heteroatoms. The Hall–Kier alpha value is -1.36. The van der Waals surface area contributed by atoms with Crippen LogP contribution in [-0.4, -0.2) is 37.4 Å². The third-order valence-corrected chi connectivity index (χ3v) is 3.34. The Balaban J connectivity index is 2.79. The van der Waals surface area contributed by atoms with Crippen molar-refractivity contribution < 1.29 is 9.59 Å². The standard InChI is InChI=1S/C14H19BrN2O2/c1-9-5-11(7-12(15)6-9)14(19)17(4)8-10(2)13(18)16-3/h5-7,10H,8H2,1-4H3,(H,16,18). The highest BCUT2D eigenvalue weighted by Crippen LogP contribution is 2.17. The van der Waals surface area contributed by atoms with Crippen LogP contribution in [-0.2, 0) is 4.79 Å². The van der Waals surface area contributed by atoms with E-state index in [2.05, 4.69) is 21.2 Å². The summed E-state index contributed by atoms with van der Waals surface area (Å²) in [6.45, 7) is 4.13. The Labute approximate surface area is 122 Å². The molecule has 0 saturated heterocycles. The molecule has 4 nitrogen and oxygen atoms in total. The molecule has 2 amide bonds. The number of aryl methyl sites for hydroxylation is 1. The Morgan fingerprint density at radius 2 is 2.00 bits per heavy atom. The zero-order valence-corrected chi connectivity index (χ0v) is 13.2. The number of nitrogens with zero attached hydrogens (tertiary/aromatic N) is 1. The number of amides is 2. The molecule has 0 fully saturated rings. The summed E-state index contributed by atoms with van der Waals surface area (Å²) in [5.41, 5.74) is 1.64. The van der Waals surface area contributed by atoms with Gasteiger partial charge in [-0.15, -0.1) is 0 Å². The second-order valence-electron chi connectivity index (χ2n) is 4.72. The topological polar surface area (TPSA) is 49.4 Å². The summed E-state index contributed by atoms with van der Waals surface area (Å²) in [6.07, 6.45) is 0. The SMILES string of the molecule is CNC(=O)C(C)CN(C)C(=O)c1cc(C)cc(Br)c1. The predicted octanol–water partition coefficient (Wildman–Crippen LogP) is 2.21. The van der Waals surface area contributed by atoms with Crippen molar-refractivity contribution in [2.45, 2.75) is 13.8 Å². The quantitative estimate of drug-likeness (QED) is 0.922. The number of carbonyl (C=O) groups excluding carboxylic acids is 2. The molecule has 1 aromatic carbocycles. The second-order valence-corrected chi connectivity index (χ2v) is 5.63. The number of carbonyl (C=O) groups is 2. The molecule has 0 aromatic heterocycles. The van der Waals surface area contributed by atoms with E-state index in [0.29, 0.717) is 12.1 Å². The van der Waals surface area contributed by atoms with E-state index < -0.39 is 0 Å². The smallest absolute Gasteiger partial charge is 0.253 e. The number of benzene rings is 1. The van der Waals surface area contributed by atoms with Crippen LogP contribution < -0.4 is 5.32 Å². The fraction of sp³-hybridized carbons (Fsp3) is 0.429. The fourth-order valence-electron chi connectivity index (χ4n) is 1.90. The summed E-state index contributed by atoms with van der Waals surface area (Å²) in [6, 6.07) is 5.58. The molecule has 0 aliphatic rings. The minimum Gasteiger partial charge on any atom is -0.359 e. The molecule has 19 heavy (non-hydrogen) atoms. The third kappa shape index (κ3) is 4.35. The Bertz CT molecular complexity index is 468. The molecule has 0 radical (unpaired) electrons. The van der Waals surface area contributed by atoms with E-state index in [1.165, 1.54) is 0 Å². The number of hydrogen-bond acceptors (Lipinski definition) is 2.